The maximum atomic E-state index is 13.4. The average molecular weight is 324 g/mol. The molecule has 23 heavy (non-hydrogen) atoms. The Bertz CT molecular complexity index is 622. The smallest absolute Gasteiger partial charge is 0.149 e. The van der Waals surface area contributed by atoms with Crippen molar-refractivity contribution in [3.63, 3.8) is 0 Å². The lowest BCUT2D eigenvalue weighted by Gasteiger charge is -2.10. The van der Waals surface area contributed by atoms with Crippen LogP contribution in [0.5, 0.6) is 0 Å². The molecule has 2 aromatic carbocycles. The van der Waals surface area contributed by atoms with E-state index in [4.69, 9.17) is 0 Å². The zero-order valence-electron chi connectivity index (χ0n) is 13.9. The van der Waals surface area contributed by atoms with Crippen molar-refractivity contribution >= 4 is 11.4 Å². The third-order valence-electron chi connectivity index (χ3n) is 3.48. The van der Waals surface area contributed by atoms with Gasteiger partial charge in [0.15, 0.2) is 0 Å². The lowest BCUT2D eigenvalue weighted by atomic mass is 10.0. The maximum Gasteiger partial charge on any atom is 0.149 e. The van der Waals surface area contributed by atoms with Gasteiger partial charge in [-0.05, 0) is 42.2 Å². The zero-order valence-corrected chi connectivity index (χ0v) is 13.9. The molecule has 0 spiro atoms. The van der Waals surface area contributed by atoms with Gasteiger partial charge in [0.2, 0.25) is 0 Å². The largest absolute Gasteiger partial charge is 0.386 e. The Kier molecular flexibility index (Phi) is 7.45. The second-order valence-electron chi connectivity index (χ2n) is 4.92. The number of para-hydroxylation sites is 1. The summed E-state index contributed by atoms with van der Waals surface area (Å²) in [5.74, 6) is -1.27. The lowest BCUT2D eigenvalue weighted by Crippen LogP contribution is -1.99. The van der Waals surface area contributed by atoms with Gasteiger partial charge in [0.1, 0.15) is 23.1 Å². The topological polar surface area (TPSA) is 24.1 Å². The second kappa shape index (κ2) is 9.08. The first-order valence-corrected chi connectivity index (χ1v) is 7.59. The Labute approximate surface area is 135 Å². The van der Waals surface area contributed by atoms with E-state index < -0.39 is 11.6 Å². The highest BCUT2D eigenvalue weighted by Gasteiger charge is 2.07. The van der Waals surface area contributed by atoms with Crippen LogP contribution in [-0.2, 0) is 12.8 Å². The molecule has 0 bridgehead atoms. The summed E-state index contributed by atoms with van der Waals surface area (Å²) >= 11 is 0. The number of benzene rings is 2. The quantitative estimate of drug-likeness (QED) is 0.827. The highest BCUT2D eigenvalue weighted by molar-refractivity contribution is 5.53. The van der Waals surface area contributed by atoms with E-state index in [-0.39, 0.29) is 11.5 Å². The number of nitrogens with one attached hydrogen (secondary N) is 2. The average Bonchev–Trinajstić information content (AvgIpc) is 2.54. The number of hydrogen-bond donors (Lipinski definition) is 2. The molecule has 2 aromatic rings. The molecule has 2 rings (SSSR count). The van der Waals surface area contributed by atoms with Crippen LogP contribution < -0.4 is 10.6 Å². The molecule has 0 aliphatic rings. The van der Waals surface area contributed by atoms with Crippen LogP contribution in [0.1, 0.15) is 25.0 Å². The van der Waals surface area contributed by atoms with Crippen LogP contribution in [0, 0.1) is 17.5 Å². The van der Waals surface area contributed by atoms with Gasteiger partial charge in [-0.25, -0.2) is 13.2 Å². The molecule has 2 nitrogen and oxygen atoms in total. The van der Waals surface area contributed by atoms with Gasteiger partial charge in [0, 0.05) is 14.1 Å². The monoisotopic (exact) mass is 324 g/mol. The predicted molar refractivity (Wildman–Crippen MR) is 90.6 cm³/mol. The van der Waals surface area contributed by atoms with Crippen LogP contribution in [0.25, 0.3) is 0 Å². The molecule has 0 radical (unpaired) electrons. The van der Waals surface area contributed by atoms with Crippen molar-refractivity contribution in [3.05, 3.63) is 58.9 Å². The number of aryl methyl sites for hydroxylation is 2. The molecule has 0 atom stereocenters. The zero-order chi connectivity index (χ0) is 17.4. The third kappa shape index (κ3) is 4.91. The van der Waals surface area contributed by atoms with Crippen LogP contribution >= 0.6 is 0 Å². The van der Waals surface area contributed by atoms with E-state index in [1.54, 1.807) is 13.1 Å². The van der Waals surface area contributed by atoms with Crippen molar-refractivity contribution in [1.82, 2.24) is 0 Å². The van der Waals surface area contributed by atoms with Crippen molar-refractivity contribution in [2.24, 2.45) is 0 Å². The number of anilines is 2. The molecule has 0 saturated carbocycles. The van der Waals surface area contributed by atoms with Crippen LogP contribution in [0.3, 0.4) is 0 Å². The van der Waals surface area contributed by atoms with E-state index in [2.05, 4.69) is 16.7 Å². The van der Waals surface area contributed by atoms with E-state index in [0.717, 1.165) is 24.0 Å². The van der Waals surface area contributed by atoms with E-state index >= 15 is 0 Å². The Balaban J connectivity index is 0.000000238. The van der Waals surface area contributed by atoms with Gasteiger partial charge in [-0.2, -0.15) is 0 Å². The standard InChI is InChI=1S/C11H16FN.C7H7F2N/c1-4-8-6-9(5-2)11(13-3)10(12)7-8;1-10-7-5(8)3-2-4-6(7)9/h6-7,13H,4-5H2,1-3H3;2-4,10H,1H3. The molecule has 0 unspecified atom stereocenters. The third-order valence-corrected chi connectivity index (χ3v) is 3.48. The Morgan fingerprint density at radius 3 is 1.74 bits per heavy atom. The summed E-state index contributed by atoms with van der Waals surface area (Å²) < 4.78 is 38.5. The van der Waals surface area contributed by atoms with Gasteiger partial charge in [-0.1, -0.05) is 26.0 Å². The van der Waals surface area contributed by atoms with Crippen LogP contribution in [-0.4, -0.2) is 14.1 Å². The molecule has 0 aliphatic carbocycles. The van der Waals surface area contributed by atoms with Crippen molar-refractivity contribution in [2.45, 2.75) is 26.7 Å². The Hall–Kier alpha value is -2.17. The molecule has 0 heterocycles. The summed E-state index contributed by atoms with van der Waals surface area (Å²) in [7, 11) is 3.23. The molecular formula is C18H23F3N2. The summed E-state index contributed by atoms with van der Waals surface area (Å²) in [5, 5.41) is 5.30. The van der Waals surface area contributed by atoms with Gasteiger partial charge in [0.25, 0.3) is 0 Å². The number of rotatable bonds is 4. The Morgan fingerprint density at radius 1 is 0.783 bits per heavy atom. The van der Waals surface area contributed by atoms with Crippen molar-refractivity contribution in [3.8, 4) is 0 Å². The van der Waals surface area contributed by atoms with E-state index in [9.17, 15) is 13.2 Å². The van der Waals surface area contributed by atoms with Gasteiger partial charge in [0.05, 0.1) is 5.69 Å². The van der Waals surface area contributed by atoms with Gasteiger partial charge in [-0.3, -0.25) is 0 Å². The van der Waals surface area contributed by atoms with Crippen molar-refractivity contribution in [1.29, 1.82) is 0 Å². The predicted octanol–water partition coefficient (Wildman–Crippen LogP) is 5.00. The summed E-state index contributed by atoms with van der Waals surface area (Å²) in [6.45, 7) is 4.07. The van der Waals surface area contributed by atoms with Gasteiger partial charge < -0.3 is 10.6 Å². The van der Waals surface area contributed by atoms with Crippen LogP contribution in [0.2, 0.25) is 0 Å². The minimum atomic E-state index is -0.567. The van der Waals surface area contributed by atoms with Gasteiger partial charge in [-0.15, -0.1) is 0 Å². The van der Waals surface area contributed by atoms with E-state index in [0.29, 0.717) is 5.69 Å². The molecule has 5 heteroatoms. The first-order valence-electron chi connectivity index (χ1n) is 7.59. The van der Waals surface area contributed by atoms with Crippen LogP contribution in [0.4, 0.5) is 24.5 Å². The molecule has 126 valence electrons. The fourth-order valence-corrected chi connectivity index (χ4v) is 2.23. The van der Waals surface area contributed by atoms with Gasteiger partial charge >= 0.3 is 0 Å². The minimum Gasteiger partial charge on any atom is -0.386 e. The van der Waals surface area contributed by atoms with Crippen molar-refractivity contribution < 1.29 is 13.2 Å². The van der Waals surface area contributed by atoms with Crippen molar-refractivity contribution in [2.75, 3.05) is 24.7 Å². The van der Waals surface area contributed by atoms with E-state index in [1.165, 1.54) is 25.2 Å². The lowest BCUT2D eigenvalue weighted by molar-refractivity contribution is 0.590. The summed E-state index contributed by atoms with van der Waals surface area (Å²) in [6, 6.07) is 7.40. The van der Waals surface area contributed by atoms with Crippen LogP contribution in [0.15, 0.2) is 30.3 Å². The number of hydrogen-bond acceptors (Lipinski definition) is 2. The molecule has 0 fully saturated rings. The summed E-state index contributed by atoms with van der Waals surface area (Å²) in [6.07, 6.45) is 1.74. The number of halogens is 3. The molecule has 0 saturated heterocycles. The molecule has 2 N–H and O–H groups in total. The Morgan fingerprint density at radius 2 is 1.35 bits per heavy atom. The van der Waals surface area contributed by atoms with E-state index in [1.807, 2.05) is 13.8 Å². The molecule has 0 aromatic heterocycles. The first-order chi connectivity index (χ1) is 11.0. The maximum absolute atomic E-state index is 13.4. The minimum absolute atomic E-state index is 0.0810. The summed E-state index contributed by atoms with van der Waals surface area (Å²) in [4.78, 5) is 0. The first kappa shape index (κ1) is 18.9. The SMILES string of the molecule is CCc1cc(F)c(NC)c(CC)c1.CNc1c(F)cccc1F. The molecule has 0 aliphatic heterocycles. The molecule has 0 amide bonds. The molecular weight excluding hydrogens is 301 g/mol. The second-order valence-corrected chi connectivity index (χ2v) is 4.92. The fraction of sp³-hybridized carbons (Fsp3) is 0.333. The highest BCUT2D eigenvalue weighted by Crippen LogP contribution is 2.22. The fourth-order valence-electron chi connectivity index (χ4n) is 2.23. The highest BCUT2D eigenvalue weighted by atomic mass is 19.1. The normalized spacial score (nSPS) is 9.87. The summed E-state index contributed by atoms with van der Waals surface area (Å²) in [5.41, 5.74) is 2.68.